The molecule has 1 saturated heterocycles. The van der Waals surface area contributed by atoms with Crippen LogP contribution in [0.25, 0.3) is 0 Å². The molecule has 0 bridgehead atoms. The molecule has 172 valence electrons. The van der Waals surface area contributed by atoms with Crippen molar-refractivity contribution in [1.82, 2.24) is 10.2 Å². The van der Waals surface area contributed by atoms with Gasteiger partial charge in [-0.3, -0.25) is 13.9 Å². The van der Waals surface area contributed by atoms with Gasteiger partial charge in [-0.15, -0.1) is 0 Å². The summed E-state index contributed by atoms with van der Waals surface area (Å²) in [6.45, 7) is 3.66. The zero-order chi connectivity index (χ0) is 23.3. The first-order valence-corrected chi connectivity index (χ1v) is 12.7. The van der Waals surface area contributed by atoms with Crippen LogP contribution in [-0.2, 0) is 21.4 Å². The highest BCUT2D eigenvalue weighted by Gasteiger charge is 2.22. The quantitative estimate of drug-likeness (QED) is 0.662. The van der Waals surface area contributed by atoms with Gasteiger partial charge in [-0.1, -0.05) is 29.8 Å². The Bertz CT molecular complexity index is 1060. The van der Waals surface area contributed by atoms with E-state index < -0.39 is 10.0 Å². The Kier molecular flexibility index (Phi) is 7.79. The number of nitrogens with zero attached hydrogens (tertiary/aromatic N) is 2. The maximum atomic E-state index is 12.5. The van der Waals surface area contributed by atoms with Gasteiger partial charge in [0.1, 0.15) is 0 Å². The van der Waals surface area contributed by atoms with Crippen LogP contribution < -0.4 is 9.62 Å². The van der Waals surface area contributed by atoms with Gasteiger partial charge in [0, 0.05) is 37.1 Å². The molecule has 1 aliphatic heterocycles. The van der Waals surface area contributed by atoms with Crippen LogP contribution in [0.5, 0.6) is 0 Å². The van der Waals surface area contributed by atoms with Gasteiger partial charge < -0.3 is 10.2 Å². The fourth-order valence-electron chi connectivity index (χ4n) is 3.75. The van der Waals surface area contributed by atoms with Gasteiger partial charge in [0.2, 0.25) is 15.9 Å². The number of hydrogen-bond acceptors (Lipinski definition) is 4. The molecular formula is C23H28ClN3O4S. The van der Waals surface area contributed by atoms with Crippen molar-refractivity contribution >= 4 is 39.1 Å². The molecule has 7 nitrogen and oxygen atoms in total. The van der Waals surface area contributed by atoms with Crippen molar-refractivity contribution in [3.63, 3.8) is 0 Å². The predicted octanol–water partition coefficient (Wildman–Crippen LogP) is 3.29. The summed E-state index contributed by atoms with van der Waals surface area (Å²) in [5.74, 6) is 0.220. The number of anilines is 1. The van der Waals surface area contributed by atoms with E-state index in [9.17, 15) is 18.0 Å². The summed E-state index contributed by atoms with van der Waals surface area (Å²) in [6, 6.07) is 13.6. The largest absolute Gasteiger partial charge is 0.352 e. The van der Waals surface area contributed by atoms with E-state index in [0.717, 1.165) is 32.2 Å². The number of hydrogen-bond donors (Lipinski definition) is 1. The summed E-state index contributed by atoms with van der Waals surface area (Å²) < 4.78 is 26.0. The lowest BCUT2D eigenvalue weighted by Crippen LogP contribution is -2.40. The van der Waals surface area contributed by atoms with Crippen LogP contribution in [0, 0.1) is 5.92 Å². The maximum absolute atomic E-state index is 12.5. The van der Waals surface area contributed by atoms with E-state index in [1.54, 1.807) is 55.5 Å². The highest BCUT2D eigenvalue weighted by atomic mass is 35.5. The minimum Gasteiger partial charge on any atom is -0.352 e. The zero-order valence-corrected chi connectivity index (χ0v) is 19.8. The maximum Gasteiger partial charge on any atom is 0.251 e. The number of carbonyl (C=O) groups is 2. The van der Waals surface area contributed by atoms with Crippen molar-refractivity contribution in [3.8, 4) is 0 Å². The van der Waals surface area contributed by atoms with E-state index in [2.05, 4.69) is 5.32 Å². The van der Waals surface area contributed by atoms with Gasteiger partial charge in [0.05, 0.1) is 18.5 Å². The Morgan fingerprint density at radius 3 is 2.28 bits per heavy atom. The third kappa shape index (κ3) is 6.23. The van der Waals surface area contributed by atoms with E-state index in [0.29, 0.717) is 34.3 Å². The molecule has 3 rings (SSSR count). The molecule has 2 aromatic rings. The van der Waals surface area contributed by atoms with Crippen molar-refractivity contribution in [2.24, 2.45) is 5.92 Å². The third-order valence-corrected chi connectivity index (χ3v) is 7.21. The molecule has 0 atom stereocenters. The fraction of sp³-hybridized carbons (Fsp3) is 0.391. The van der Waals surface area contributed by atoms with E-state index in [1.807, 2.05) is 4.90 Å². The molecule has 0 aromatic heterocycles. The van der Waals surface area contributed by atoms with E-state index in [4.69, 9.17) is 11.6 Å². The van der Waals surface area contributed by atoms with Crippen LogP contribution in [-0.4, -0.2) is 51.0 Å². The molecule has 2 amide bonds. The Morgan fingerprint density at radius 2 is 1.72 bits per heavy atom. The molecule has 1 heterocycles. The molecule has 1 N–H and O–H groups in total. The lowest BCUT2D eigenvalue weighted by atomic mass is 9.96. The lowest BCUT2D eigenvalue weighted by molar-refractivity contribution is -0.130. The van der Waals surface area contributed by atoms with Crippen molar-refractivity contribution < 1.29 is 18.0 Å². The molecule has 0 radical (unpaired) electrons. The second-order valence-corrected chi connectivity index (χ2v) is 10.4. The van der Waals surface area contributed by atoms with Crippen molar-refractivity contribution in [1.29, 1.82) is 0 Å². The van der Waals surface area contributed by atoms with Crippen LogP contribution in [0.1, 0.15) is 35.7 Å². The summed E-state index contributed by atoms with van der Waals surface area (Å²) in [5.41, 5.74) is 1.61. The zero-order valence-electron chi connectivity index (χ0n) is 18.3. The first-order chi connectivity index (χ1) is 15.1. The van der Waals surface area contributed by atoms with Gasteiger partial charge >= 0.3 is 0 Å². The van der Waals surface area contributed by atoms with Gasteiger partial charge in [-0.2, -0.15) is 0 Å². The summed E-state index contributed by atoms with van der Waals surface area (Å²) in [5, 5.41) is 3.44. The van der Waals surface area contributed by atoms with Gasteiger partial charge in [0.15, 0.2) is 0 Å². The minimum atomic E-state index is -3.56. The molecule has 2 aromatic carbocycles. The fourth-order valence-corrected chi connectivity index (χ4v) is 4.83. The summed E-state index contributed by atoms with van der Waals surface area (Å²) in [4.78, 5) is 25.8. The SMILES string of the molecule is CC(=O)N1CCC(CNC(=O)c2ccc(N(Cc3ccccc3Cl)S(C)(=O)=O)cc2)CC1. The van der Waals surface area contributed by atoms with Crippen molar-refractivity contribution in [2.75, 3.05) is 30.2 Å². The Labute approximate surface area is 194 Å². The Morgan fingerprint density at radius 1 is 1.09 bits per heavy atom. The molecule has 0 saturated carbocycles. The van der Waals surface area contributed by atoms with E-state index >= 15 is 0 Å². The van der Waals surface area contributed by atoms with E-state index in [1.165, 1.54) is 4.31 Å². The van der Waals surface area contributed by atoms with Crippen LogP contribution in [0.4, 0.5) is 5.69 Å². The summed E-state index contributed by atoms with van der Waals surface area (Å²) in [7, 11) is -3.56. The number of piperidine rings is 1. The topological polar surface area (TPSA) is 86.8 Å². The van der Waals surface area contributed by atoms with E-state index in [-0.39, 0.29) is 18.4 Å². The highest BCUT2D eigenvalue weighted by molar-refractivity contribution is 7.92. The monoisotopic (exact) mass is 477 g/mol. The summed E-state index contributed by atoms with van der Waals surface area (Å²) >= 11 is 6.20. The number of carbonyl (C=O) groups excluding carboxylic acids is 2. The average molecular weight is 478 g/mol. The molecule has 0 spiro atoms. The molecule has 32 heavy (non-hydrogen) atoms. The molecule has 1 fully saturated rings. The molecule has 0 unspecified atom stereocenters. The number of rotatable bonds is 7. The molecule has 1 aliphatic rings. The second kappa shape index (κ2) is 10.4. The van der Waals surface area contributed by atoms with Gasteiger partial charge in [-0.05, 0) is 54.7 Å². The number of likely N-dealkylation sites (tertiary alicyclic amines) is 1. The first-order valence-electron chi connectivity index (χ1n) is 10.5. The standard InChI is InChI=1S/C23H28ClN3O4S/c1-17(28)26-13-11-18(12-14-26)15-25-23(29)19-7-9-21(10-8-19)27(32(2,30)31)16-20-5-3-4-6-22(20)24/h3-10,18H,11-16H2,1-2H3,(H,25,29). The molecular weight excluding hydrogens is 450 g/mol. The van der Waals surface area contributed by atoms with Gasteiger partial charge in [-0.25, -0.2) is 8.42 Å². The van der Waals surface area contributed by atoms with Crippen LogP contribution >= 0.6 is 11.6 Å². The molecule has 9 heteroatoms. The first kappa shape index (κ1) is 24.1. The van der Waals surface area contributed by atoms with Crippen LogP contribution in [0.2, 0.25) is 5.02 Å². The minimum absolute atomic E-state index is 0.0882. The smallest absolute Gasteiger partial charge is 0.251 e. The lowest BCUT2D eigenvalue weighted by Gasteiger charge is -2.31. The summed E-state index contributed by atoms with van der Waals surface area (Å²) in [6.07, 6.45) is 2.87. The van der Waals surface area contributed by atoms with Crippen LogP contribution in [0.3, 0.4) is 0 Å². The molecule has 0 aliphatic carbocycles. The Hall–Kier alpha value is -2.58. The third-order valence-electron chi connectivity index (χ3n) is 5.70. The van der Waals surface area contributed by atoms with Crippen LogP contribution in [0.15, 0.2) is 48.5 Å². The highest BCUT2D eigenvalue weighted by Crippen LogP contribution is 2.24. The predicted molar refractivity (Wildman–Crippen MR) is 126 cm³/mol. The number of sulfonamides is 1. The number of halogens is 1. The number of benzene rings is 2. The van der Waals surface area contributed by atoms with Crippen molar-refractivity contribution in [2.45, 2.75) is 26.3 Å². The number of amides is 2. The Balaban J connectivity index is 1.63. The second-order valence-electron chi connectivity index (χ2n) is 8.07. The van der Waals surface area contributed by atoms with Crippen molar-refractivity contribution in [3.05, 3.63) is 64.7 Å². The van der Waals surface area contributed by atoms with Gasteiger partial charge in [0.25, 0.3) is 5.91 Å². The number of nitrogens with one attached hydrogen (secondary N) is 1. The average Bonchev–Trinajstić information content (AvgIpc) is 2.76. The normalized spacial score (nSPS) is 14.8.